The maximum atomic E-state index is 3.58. The highest BCUT2D eigenvalue weighted by atomic mass is 32.2. The van der Waals surface area contributed by atoms with Gasteiger partial charge in [0.2, 0.25) is 0 Å². The molecule has 0 saturated heterocycles. The molecule has 1 nitrogen and oxygen atoms in total. The standard InChI is InChI=1S/C14H23NS/c1-11-6-5-7-14(10-11)13(3)15-9-8-12(2)16-4/h5-7,10,12-13,15H,8-9H2,1-4H3. The summed E-state index contributed by atoms with van der Waals surface area (Å²) < 4.78 is 0. The maximum absolute atomic E-state index is 3.58. The van der Waals surface area contributed by atoms with Gasteiger partial charge in [0.25, 0.3) is 0 Å². The van der Waals surface area contributed by atoms with Crippen molar-refractivity contribution in [3.63, 3.8) is 0 Å². The zero-order chi connectivity index (χ0) is 12.0. The fraction of sp³-hybridized carbons (Fsp3) is 0.571. The molecule has 0 saturated carbocycles. The fourth-order valence-electron chi connectivity index (χ4n) is 1.68. The molecule has 0 heterocycles. The highest BCUT2D eigenvalue weighted by molar-refractivity contribution is 7.99. The molecule has 16 heavy (non-hydrogen) atoms. The molecule has 0 aliphatic heterocycles. The van der Waals surface area contributed by atoms with Crippen molar-refractivity contribution in [2.24, 2.45) is 0 Å². The van der Waals surface area contributed by atoms with Crippen molar-refractivity contribution < 1.29 is 0 Å². The van der Waals surface area contributed by atoms with Crippen LogP contribution in [0.1, 0.15) is 37.4 Å². The van der Waals surface area contributed by atoms with Gasteiger partial charge < -0.3 is 5.32 Å². The number of hydrogen-bond donors (Lipinski definition) is 1. The van der Waals surface area contributed by atoms with E-state index in [0.29, 0.717) is 6.04 Å². The molecule has 0 amide bonds. The van der Waals surface area contributed by atoms with Gasteiger partial charge in [-0.3, -0.25) is 0 Å². The van der Waals surface area contributed by atoms with E-state index in [1.165, 1.54) is 17.5 Å². The van der Waals surface area contributed by atoms with Gasteiger partial charge in [-0.15, -0.1) is 0 Å². The summed E-state index contributed by atoms with van der Waals surface area (Å²) in [6.07, 6.45) is 3.41. The van der Waals surface area contributed by atoms with E-state index in [1.807, 2.05) is 11.8 Å². The molecule has 1 aromatic rings. The third-order valence-electron chi connectivity index (χ3n) is 2.95. The van der Waals surface area contributed by atoms with Crippen LogP contribution in [0.2, 0.25) is 0 Å². The van der Waals surface area contributed by atoms with E-state index < -0.39 is 0 Å². The summed E-state index contributed by atoms with van der Waals surface area (Å²) in [6, 6.07) is 9.19. The monoisotopic (exact) mass is 237 g/mol. The van der Waals surface area contributed by atoms with Gasteiger partial charge in [0.1, 0.15) is 0 Å². The fourth-order valence-corrected chi connectivity index (χ4v) is 2.03. The highest BCUT2D eigenvalue weighted by Gasteiger charge is 2.05. The summed E-state index contributed by atoms with van der Waals surface area (Å²) >= 11 is 1.93. The number of rotatable bonds is 6. The minimum Gasteiger partial charge on any atom is -0.310 e. The molecule has 2 unspecified atom stereocenters. The Hall–Kier alpha value is -0.470. The Kier molecular flexibility index (Phi) is 5.93. The molecule has 0 aliphatic rings. The average Bonchev–Trinajstić information content (AvgIpc) is 2.28. The molecule has 0 radical (unpaired) electrons. The number of aryl methyl sites for hydroxylation is 1. The molecular formula is C14H23NS. The van der Waals surface area contributed by atoms with E-state index in [9.17, 15) is 0 Å². The number of hydrogen-bond acceptors (Lipinski definition) is 2. The minimum absolute atomic E-state index is 0.453. The minimum atomic E-state index is 0.453. The Morgan fingerprint density at radius 2 is 2.06 bits per heavy atom. The van der Waals surface area contributed by atoms with Gasteiger partial charge in [-0.25, -0.2) is 0 Å². The summed E-state index contributed by atoms with van der Waals surface area (Å²) in [7, 11) is 0. The largest absolute Gasteiger partial charge is 0.310 e. The third kappa shape index (κ3) is 4.58. The van der Waals surface area contributed by atoms with E-state index in [0.717, 1.165) is 11.8 Å². The lowest BCUT2D eigenvalue weighted by Gasteiger charge is -2.16. The Morgan fingerprint density at radius 3 is 2.69 bits per heavy atom. The molecule has 0 aliphatic carbocycles. The number of nitrogens with one attached hydrogen (secondary N) is 1. The normalized spacial score (nSPS) is 14.8. The molecule has 1 aromatic carbocycles. The molecule has 1 rings (SSSR count). The van der Waals surface area contributed by atoms with Crippen molar-refractivity contribution in [1.82, 2.24) is 5.32 Å². The summed E-state index contributed by atoms with van der Waals surface area (Å²) in [5.74, 6) is 0. The second-order valence-electron chi connectivity index (χ2n) is 4.42. The molecule has 0 bridgehead atoms. The predicted molar refractivity (Wildman–Crippen MR) is 75.2 cm³/mol. The molecule has 0 spiro atoms. The zero-order valence-electron chi connectivity index (χ0n) is 10.8. The van der Waals surface area contributed by atoms with Crippen LogP contribution in [0.15, 0.2) is 24.3 Å². The first-order valence-electron chi connectivity index (χ1n) is 5.96. The average molecular weight is 237 g/mol. The van der Waals surface area contributed by atoms with E-state index in [1.54, 1.807) is 0 Å². The molecule has 0 fully saturated rings. The molecular weight excluding hydrogens is 214 g/mol. The van der Waals surface area contributed by atoms with Crippen LogP contribution in [0.4, 0.5) is 0 Å². The van der Waals surface area contributed by atoms with Crippen LogP contribution in [0.5, 0.6) is 0 Å². The number of benzene rings is 1. The van der Waals surface area contributed by atoms with E-state index in [4.69, 9.17) is 0 Å². The topological polar surface area (TPSA) is 12.0 Å². The van der Waals surface area contributed by atoms with Crippen molar-refractivity contribution in [3.05, 3.63) is 35.4 Å². The Bertz CT molecular complexity index is 311. The zero-order valence-corrected chi connectivity index (χ0v) is 11.6. The maximum Gasteiger partial charge on any atom is 0.0291 e. The SMILES string of the molecule is CSC(C)CCNC(C)c1cccc(C)c1. The molecule has 1 N–H and O–H groups in total. The third-order valence-corrected chi connectivity index (χ3v) is 3.99. The number of thioether (sulfide) groups is 1. The molecule has 90 valence electrons. The summed E-state index contributed by atoms with van der Waals surface area (Å²) in [5, 5.41) is 4.33. The lowest BCUT2D eigenvalue weighted by Crippen LogP contribution is -2.21. The van der Waals surface area contributed by atoms with E-state index >= 15 is 0 Å². The molecule has 0 aromatic heterocycles. The Morgan fingerprint density at radius 1 is 1.31 bits per heavy atom. The van der Waals surface area contributed by atoms with Crippen LogP contribution >= 0.6 is 11.8 Å². The second-order valence-corrected chi connectivity index (χ2v) is 5.70. The van der Waals surface area contributed by atoms with Crippen molar-refractivity contribution in [3.8, 4) is 0 Å². The van der Waals surface area contributed by atoms with Crippen LogP contribution in [0.25, 0.3) is 0 Å². The lowest BCUT2D eigenvalue weighted by molar-refractivity contribution is 0.558. The van der Waals surface area contributed by atoms with Gasteiger partial charge in [0, 0.05) is 11.3 Å². The highest BCUT2D eigenvalue weighted by Crippen LogP contribution is 2.14. The van der Waals surface area contributed by atoms with Crippen LogP contribution in [-0.2, 0) is 0 Å². The van der Waals surface area contributed by atoms with Gasteiger partial charge in [0.05, 0.1) is 0 Å². The summed E-state index contributed by atoms with van der Waals surface area (Å²) in [5.41, 5.74) is 2.72. The van der Waals surface area contributed by atoms with Crippen molar-refractivity contribution in [2.75, 3.05) is 12.8 Å². The summed E-state index contributed by atoms with van der Waals surface area (Å²) in [6.45, 7) is 7.76. The van der Waals surface area contributed by atoms with Gasteiger partial charge in [0.15, 0.2) is 0 Å². The molecule has 2 heteroatoms. The van der Waals surface area contributed by atoms with E-state index in [2.05, 4.69) is 56.6 Å². The van der Waals surface area contributed by atoms with Crippen LogP contribution in [-0.4, -0.2) is 18.1 Å². The smallest absolute Gasteiger partial charge is 0.0291 e. The predicted octanol–water partition coefficient (Wildman–Crippen LogP) is 3.79. The molecule has 2 atom stereocenters. The quantitative estimate of drug-likeness (QED) is 0.808. The van der Waals surface area contributed by atoms with Gasteiger partial charge in [-0.05, 0) is 38.6 Å². The van der Waals surface area contributed by atoms with Crippen molar-refractivity contribution >= 4 is 11.8 Å². The van der Waals surface area contributed by atoms with Crippen molar-refractivity contribution in [1.29, 1.82) is 0 Å². The van der Waals surface area contributed by atoms with Crippen LogP contribution < -0.4 is 5.32 Å². The Labute approximate surface area is 104 Å². The van der Waals surface area contributed by atoms with Crippen molar-refractivity contribution in [2.45, 2.75) is 38.5 Å². The van der Waals surface area contributed by atoms with Gasteiger partial charge >= 0.3 is 0 Å². The van der Waals surface area contributed by atoms with Gasteiger partial charge in [-0.1, -0.05) is 36.8 Å². The second kappa shape index (κ2) is 6.97. The van der Waals surface area contributed by atoms with E-state index in [-0.39, 0.29) is 0 Å². The first kappa shape index (κ1) is 13.6. The lowest BCUT2D eigenvalue weighted by atomic mass is 10.1. The Balaban J connectivity index is 2.38. The van der Waals surface area contributed by atoms with Crippen LogP contribution in [0, 0.1) is 6.92 Å². The van der Waals surface area contributed by atoms with Crippen LogP contribution in [0.3, 0.4) is 0 Å². The summed E-state index contributed by atoms with van der Waals surface area (Å²) in [4.78, 5) is 0. The van der Waals surface area contributed by atoms with Gasteiger partial charge in [-0.2, -0.15) is 11.8 Å². The first-order chi connectivity index (χ1) is 7.63. The first-order valence-corrected chi connectivity index (χ1v) is 7.25.